The molecule has 18 heavy (non-hydrogen) atoms. The highest BCUT2D eigenvalue weighted by molar-refractivity contribution is 9.10. The lowest BCUT2D eigenvalue weighted by atomic mass is 10.2. The summed E-state index contributed by atoms with van der Waals surface area (Å²) in [5.41, 5.74) is 0.685. The van der Waals surface area contributed by atoms with Crippen molar-refractivity contribution in [1.29, 1.82) is 0 Å². The van der Waals surface area contributed by atoms with E-state index < -0.39 is 18.6 Å². The van der Waals surface area contributed by atoms with Crippen molar-refractivity contribution in [1.82, 2.24) is 0 Å². The number of anilines is 1. The number of carboxylic acids is 1. The summed E-state index contributed by atoms with van der Waals surface area (Å²) in [4.78, 5) is 10.7. The summed E-state index contributed by atoms with van der Waals surface area (Å²) in [5.74, 6) is -1.06. The fraction of sp³-hybridized carbons (Fsp3) is 0.364. The van der Waals surface area contributed by atoms with Crippen molar-refractivity contribution in [2.24, 2.45) is 0 Å². The molecule has 0 unspecified atom stereocenters. The minimum absolute atomic E-state index is 0.0260. The molecular weight excluding hydrogens is 315 g/mol. The van der Waals surface area contributed by atoms with Crippen molar-refractivity contribution in [3.05, 3.63) is 28.2 Å². The minimum Gasteiger partial charge on any atom is -0.478 e. The topological polar surface area (TPSA) is 49.3 Å². The Morgan fingerprint density at radius 2 is 2.06 bits per heavy atom. The van der Waals surface area contributed by atoms with E-state index in [1.54, 1.807) is 0 Å². The quantitative estimate of drug-likeness (QED) is 0.807. The van der Waals surface area contributed by atoms with Gasteiger partial charge in [-0.15, -0.1) is 0 Å². The van der Waals surface area contributed by atoms with Crippen LogP contribution in [0.3, 0.4) is 0 Å². The van der Waals surface area contributed by atoms with E-state index in [9.17, 15) is 18.0 Å². The monoisotopic (exact) mass is 325 g/mol. The molecule has 0 fully saturated rings. The third-order valence-electron chi connectivity index (χ3n) is 2.17. The molecule has 7 heteroatoms. The van der Waals surface area contributed by atoms with E-state index in [0.29, 0.717) is 10.2 Å². The predicted octanol–water partition coefficient (Wildman–Crippen LogP) is 3.90. The number of carbonyl (C=O) groups is 1. The van der Waals surface area contributed by atoms with Crippen molar-refractivity contribution in [3.63, 3.8) is 0 Å². The Balaban J connectivity index is 2.49. The standard InChI is InChI=1S/C11H11BrF3NO2/c12-9-6-7(2-3-8(9)10(17)18)16-5-1-4-11(13,14)15/h2-3,6,16H,1,4-5H2,(H,17,18). The molecule has 0 aliphatic rings. The second kappa shape index (κ2) is 6.08. The van der Waals surface area contributed by atoms with E-state index in [1.165, 1.54) is 18.2 Å². The lowest BCUT2D eigenvalue weighted by molar-refractivity contribution is -0.134. The third-order valence-corrected chi connectivity index (χ3v) is 2.82. The summed E-state index contributed by atoms with van der Waals surface area (Å²) >= 11 is 3.09. The summed E-state index contributed by atoms with van der Waals surface area (Å²) in [6, 6.07) is 4.43. The highest BCUT2D eigenvalue weighted by atomic mass is 79.9. The van der Waals surface area contributed by atoms with Gasteiger partial charge in [-0.1, -0.05) is 0 Å². The molecule has 1 rings (SSSR count). The van der Waals surface area contributed by atoms with Crippen molar-refractivity contribution in [2.75, 3.05) is 11.9 Å². The summed E-state index contributed by atoms with van der Waals surface area (Å²) in [5, 5.41) is 11.6. The summed E-state index contributed by atoms with van der Waals surface area (Å²) < 4.78 is 36.0. The molecule has 1 aromatic carbocycles. The Hall–Kier alpha value is -1.24. The van der Waals surface area contributed by atoms with Crippen molar-refractivity contribution in [3.8, 4) is 0 Å². The van der Waals surface area contributed by atoms with Gasteiger partial charge in [0.2, 0.25) is 0 Å². The number of hydrogen-bond donors (Lipinski definition) is 2. The number of rotatable bonds is 5. The van der Waals surface area contributed by atoms with Gasteiger partial charge >= 0.3 is 12.1 Å². The van der Waals surface area contributed by atoms with Crippen LogP contribution in [-0.2, 0) is 0 Å². The van der Waals surface area contributed by atoms with Gasteiger partial charge in [-0.05, 0) is 40.5 Å². The maximum atomic E-state index is 11.9. The number of halogens is 4. The van der Waals surface area contributed by atoms with Crippen LogP contribution in [0.1, 0.15) is 23.2 Å². The minimum atomic E-state index is -4.14. The van der Waals surface area contributed by atoms with Gasteiger partial charge in [0.1, 0.15) is 0 Å². The summed E-state index contributed by atoms with van der Waals surface area (Å²) in [6.07, 6.45) is -5.01. The number of hydrogen-bond acceptors (Lipinski definition) is 2. The van der Waals surface area contributed by atoms with Gasteiger partial charge in [-0.25, -0.2) is 4.79 Å². The van der Waals surface area contributed by atoms with E-state index in [1.807, 2.05) is 0 Å². The lowest BCUT2D eigenvalue weighted by Crippen LogP contribution is -2.11. The zero-order chi connectivity index (χ0) is 13.8. The fourth-order valence-electron chi connectivity index (χ4n) is 1.32. The van der Waals surface area contributed by atoms with Gasteiger partial charge < -0.3 is 10.4 Å². The average Bonchev–Trinajstić information content (AvgIpc) is 2.22. The van der Waals surface area contributed by atoms with Crippen LogP contribution in [-0.4, -0.2) is 23.8 Å². The molecule has 0 aliphatic carbocycles. The van der Waals surface area contributed by atoms with Crippen LogP contribution in [0, 0.1) is 0 Å². The average molecular weight is 326 g/mol. The first-order chi connectivity index (χ1) is 8.29. The van der Waals surface area contributed by atoms with Crippen molar-refractivity contribution in [2.45, 2.75) is 19.0 Å². The first-order valence-corrected chi connectivity index (χ1v) is 5.92. The molecule has 3 nitrogen and oxygen atoms in total. The number of alkyl halides is 3. The summed E-state index contributed by atoms with van der Waals surface area (Å²) in [6.45, 7) is 0.179. The normalized spacial score (nSPS) is 11.3. The van der Waals surface area contributed by atoms with E-state index in [2.05, 4.69) is 21.2 Å². The maximum Gasteiger partial charge on any atom is 0.389 e. The number of benzene rings is 1. The molecule has 100 valence electrons. The molecule has 2 N–H and O–H groups in total. The van der Waals surface area contributed by atoms with Crippen LogP contribution in [0.15, 0.2) is 22.7 Å². The molecule has 0 radical (unpaired) electrons. The largest absolute Gasteiger partial charge is 0.478 e. The number of carboxylic acid groups (broad SMARTS) is 1. The molecular formula is C11H11BrF3NO2. The van der Waals surface area contributed by atoms with Crippen LogP contribution in [0.5, 0.6) is 0 Å². The molecule has 0 bridgehead atoms. The van der Waals surface area contributed by atoms with Crippen LogP contribution in [0.2, 0.25) is 0 Å². The van der Waals surface area contributed by atoms with Gasteiger partial charge in [0, 0.05) is 23.1 Å². The second-order valence-corrected chi connectivity index (χ2v) is 4.50. The zero-order valence-electron chi connectivity index (χ0n) is 9.22. The van der Waals surface area contributed by atoms with Crippen LogP contribution in [0.4, 0.5) is 18.9 Å². The van der Waals surface area contributed by atoms with Gasteiger partial charge in [0.05, 0.1) is 5.56 Å². The lowest BCUT2D eigenvalue weighted by Gasteiger charge is -2.09. The maximum absolute atomic E-state index is 11.9. The van der Waals surface area contributed by atoms with E-state index in [-0.39, 0.29) is 18.5 Å². The predicted molar refractivity (Wildman–Crippen MR) is 64.9 cm³/mol. The molecule has 0 saturated heterocycles. The van der Waals surface area contributed by atoms with Gasteiger partial charge in [-0.2, -0.15) is 13.2 Å². The third kappa shape index (κ3) is 4.95. The summed E-state index contributed by atoms with van der Waals surface area (Å²) in [7, 11) is 0. The zero-order valence-corrected chi connectivity index (χ0v) is 10.8. The van der Waals surface area contributed by atoms with Crippen LogP contribution in [0.25, 0.3) is 0 Å². The number of nitrogens with one attached hydrogen (secondary N) is 1. The highest BCUT2D eigenvalue weighted by Gasteiger charge is 2.25. The Labute approximate surface area is 110 Å². The first kappa shape index (κ1) is 14.8. The molecule has 1 aromatic rings. The molecule has 0 saturated carbocycles. The fourth-order valence-corrected chi connectivity index (χ4v) is 1.87. The van der Waals surface area contributed by atoms with Crippen LogP contribution >= 0.6 is 15.9 Å². The van der Waals surface area contributed by atoms with Gasteiger partial charge in [-0.3, -0.25) is 0 Å². The molecule has 0 aromatic heterocycles. The Kier molecular flexibility index (Phi) is 5.01. The van der Waals surface area contributed by atoms with E-state index >= 15 is 0 Å². The smallest absolute Gasteiger partial charge is 0.389 e. The van der Waals surface area contributed by atoms with Crippen molar-refractivity contribution < 1.29 is 23.1 Å². The Morgan fingerprint density at radius 1 is 1.39 bits per heavy atom. The van der Waals surface area contributed by atoms with E-state index in [4.69, 9.17) is 5.11 Å². The Morgan fingerprint density at radius 3 is 2.56 bits per heavy atom. The van der Waals surface area contributed by atoms with E-state index in [0.717, 1.165) is 0 Å². The SMILES string of the molecule is O=C(O)c1ccc(NCCCC(F)(F)F)cc1Br. The molecule has 0 aliphatic heterocycles. The van der Waals surface area contributed by atoms with Crippen molar-refractivity contribution >= 4 is 27.6 Å². The first-order valence-electron chi connectivity index (χ1n) is 5.13. The number of aromatic carboxylic acids is 1. The molecule has 0 spiro atoms. The molecule has 0 atom stereocenters. The van der Waals surface area contributed by atoms with Crippen LogP contribution < -0.4 is 5.32 Å². The molecule has 0 amide bonds. The second-order valence-electron chi connectivity index (χ2n) is 3.65. The molecule has 0 heterocycles. The highest BCUT2D eigenvalue weighted by Crippen LogP contribution is 2.23. The van der Waals surface area contributed by atoms with Gasteiger partial charge in [0.25, 0.3) is 0 Å². The Bertz CT molecular complexity index is 435. The van der Waals surface area contributed by atoms with Gasteiger partial charge in [0.15, 0.2) is 0 Å².